The van der Waals surface area contributed by atoms with Crippen molar-refractivity contribution in [3.05, 3.63) is 0 Å². The molecule has 0 aliphatic heterocycles. The van der Waals surface area contributed by atoms with Gasteiger partial charge in [0.15, 0.2) is 0 Å². The highest BCUT2D eigenvalue weighted by Gasteiger charge is 2.25. The second-order valence-corrected chi connectivity index (χ2v) is 5.84. The molecule has 0 bridgehead atoms. The van der Waals surface area contributed by atoms with Crippen LogP contribution in [0.25, 0.3) is 0 Å². The van der Waals surface area contributed by atoms with Gasteiger partial charge in [0.1, 0.15) is 11.8 Å². The molecule has 0 aromatic rings. The molecule has 6 nitrogen and oxygen atoms in total. The van der Waals surface area contributed by atoms with Gasteiger partial charge < -0.3 is 5.73 Å². The Morgan fingerprint density at radius 3 is 2.07 bits per heavy atom. The van der Waals surface area contributed by atoms with Crippen molar-refractivity contribution in [1.82, 2.24) is 4.72 Å². The Bertz CT molecular complexity index is 348. The standard InChI is InChI=1S/C8H16N2O4S/c1-5(2)15(13,14)10-7(8(9)12)4-6(3)11/h5,7,10H,4H2,1-3H3,(H2,9,12)/t7-/m1/s1. The summed E-state index contributed by atoms with van der Waals surface area (Å²) in [6, 6.07) is -1.16. The van der Waals surface area contributed by atoms with Crippen LogP contribution >= 0.6 is 0 Å². The summed E-state index contributed by atoms with van der Waals surface area (Å²) in [5.41, 5.74) is 4.97. The molecule has 7 heteroatoms. The quantitative estimate of drug-likeness (QED) is 0.626. The van der Waals surface area contributed by atoms with Crippen molar-refractivity contribution in [2.45, 2.75) is 38.5 Å². The fraction of sp³-hybridized carbons (Fsp3) is 0.750. The predicted octanol–water partition coefficient (Wildman–Crippen LogP) is -0.853. The zero-order valence-corrected chi connectivity index (χ0v) is 9.80. The molecule has 0 radical (unpaired) electrons. The van der Waals surface area contributed by atoms with Crippen molar-refractivity contribution in [3.63, 3.8) is 0 Å². The van der Waals surface area contributed by atoms with Gasteiger partial charge >= 0.3 is 0 Å². The van der Waals surface area contributed by atoms with Crippen molar-refractivity contribution in [3.8, 4) is 0 Å². The Morgan fingerprint density at radius 2 is 1.80 bits per heavy atom. The number of rotatable bonds is 6. The Labute approximate surface area is 89.3 Å². The van der Waals surface area contributed by atoms with Crippen LogP contribution in [0.3, 0.4) is 0 Å². The van der Waals surface area contributed by atoms with Gasteiger partial charge in [-0.15, -0.1) is 0 Å². The molecule has 3 N–H and O–H groups in total. The smallest absolute Gasteiger partial charge is 0.236 e. The van der Waals surface area contributed by atoms with Gasteiger partial charge in [0.2, 0.25) is 15.9 Å². The summed E-state index contributed by atoms with van der Waals surface area (Å²) >= 11 is 0. The first-order valence-corrected chi connectivity index (χ1v) is 6.01. The number of sulfonamides is 1. The first kappa shape index (κ1) is 14.1. The van der Waals surface area contributed by atoms with Crippen molar-refractivity contribution in [2.24, 2.45) is 5.73 Å². The zero-order valence-electron chi connectivity index (χ0n) is 8.98. The van der Waals surface area contributed by atoms with Crippen LogP contribution in [0.4, 0.5) is 0 Å². The topological polar surface area (TPSA) is 106 Å². The third-order valence-electron chi connectivity index (χ3n) is 1.76. The van der Waals surface area contributed by atoms with Crippen LogP contribution in [0.1, 0.15) is 27.2 Å². The molecule has 0 unspecified atom stereocenters. The van der Waals surface area contributed by atoms with E-state index in [1.165, 1.54) is 20.8 Å². The average molecular weight is 236 g/mol. The molecule has 0 saturated heterocycles. The summed E-state index contributed by atoms with van der Waals surface area (Å²) in [6.07, 6.45) is -0.221. The largest absolute Gasteiger partial charge is 0.368 e. The number of carbonyl (C=O) groups excluding carboxylic acids is 2. The molecule has 0 fully saturated rings. The number of hydrogen-bond acceptors (Lipinski definition) is 4. The Balaban J connectivity index is 4.70. The molecule has 15 heavy (non-hydrogen) atoms. The molecule has 1 amide bonds. The molecular formula is C8H16N2O4S. The van der Waals surface area contributed by atoms with E-state index in [9.17, 15) is 18.0 Å². The maximum atomic E-state index is 11.4. The molecule has 88 valence electrons. The molecule has 0 saturated carbocycles. The summed E-state index contributed by atoms with van der Waals surface area (Å²) in [5.74, 6) is -1.15. The van der Waals surface area contributed by atoms with Crippen LogP contribution in [0.5, 0.6) is 0 Å². The van der Waals surface area contributed by atoms with E-state index in [1.54, 1.807) is 0 Å². The van der Waals surface area contributed by atoms with Gasteiger partial charge in [-0.2, -0.15) is 0 Å². The van der Waals surface area contributed by atoms with Gasteiger partial charge in [-0.3, -0.25) is 9.59 Å². The van der Waals surface area contributed by atoms with E-state index in [4.69, 9.17) is 5.73 Å². The fourth-order valence-corrected chi connectivity index (χ4v) is 1.69. The summed E-state index contributed by atoms with van der Waals surface area (Å²) in [6.45, 7) is 4.20. The highest BCUT2D eigenvalue weighted by Crippen LogP contribution is 2.01. The first-order valence-electron chi connectivity index (χ1n) is 4.46. The SMILES string of the molecule is CC(=O)C[C@@H](NS(=O)(=O)C(C)C)C(N)=O. The molecule has 0 spiro atoms. The van der Waals surface area contributed by atoms with Gasteiger partial charge in [-0.05, 0) is 20.8 Å². The van der Waals surface area contributed by atoms with Crippen LogP contribution in [-0.2, 0) is 19.6 Å². The van der Waals surface area contributed by atoms with Crippen molar-refractivity contribution in [1.29, 1.82) is 0 Å². The molecule has 0 aromatic heterocycles. The van der Waals surface area contributed by atoms with Crippen LogP contribution < -0.4 is 10.5 Å². The normalized spacial score (nSPS) is 13.9. The summed E-state index contributed by atoms with van der Waals surface area (Å²) in [7, 11) is -3.59. The predicted molar refractivity (Wildman–Crippen MR) is 55.5 cm³/mol. The number of nitrogens with two attached hydrogens (primary N) is 1. The average Bonchev–Trinajstić information content (AvgIpc) is 2.01. The van der Waals surface area contributed by atoms with E-state index in [-0.39, 0.29) is 12.2 Å². The second kappa shape index (κ2) is 5.22. The number of nitrogens with one attached hydrogen (secondary N) is 1. The number of carbonyl (C=O) groups is 2. The van der Waals surface area contributed by atoms with Crippen LogP contribution in [0, 0.1) is 0 Å². The van der Waals surface area contributed by atoms with E-state index in [0.717, 1.165) is 0 Å². The Kier molecular flexibility index (Phi) is 4.89. The van der Waals surface area contributed by atoms with Crippen LogP contribution in [0.15, 0.2) is 0 Å². The lowest BCUT2D eigenvalue weighted by Crippen LogP contribution is -2.47. The Morgan fingerprint density at radius 1 is 1.33 bits per heavy atom. The number of amides is 1. The number of hydrogen-bond donors (Lipinski definition) is 2. The second-order valence-electron chi connectivity index (χ2n) is 3.57. The Hall–Kier alpha value is -0.950. The molecule has 0 aliphatic rings. The molecule has 0 heterocycles. The van der Waals surface area contributed by atoms with E-state index in [2.05, 4.69) is 4.72 Å². The minimum atomic E-state index is -3.59. The molecule has 0 rings (SSSR count). The van der Waals surface area contributed by atoms with Gasteiger partial charge in [0.05, 0.1) is 5.25 Å². The number of ketones is 1. The van der Waals surface area contributed by atoms with Gasteiger partial charge in [-0.1, -0.05) is 0 Å². The zero-order chi connectivity index (χ0) is 12.2. The highest BCUT2D eigenvalue weighted by atomic mass is 32.2. The van der Waals surface area contributed by atoms with Crippen LogP contribution in [-0.4, -0.2) is 31.4 Å². The van der Waals surface area contributed by atoms with Crippen molar-refractivity contribution in [2.75, 3.05) is 0 Å². The minimum Gasteiger partial charge on any atom is -0.368 e. The lowest BCUT2D eigenvalue weighted by atomic mass is 10.1. The van der Waals surface area contributed by atoms with E-state index >= 15 is 0 Å². The van der Waals surface area contributed by atoms with Crippen LogP contribution in [0.2, 0.25) is 0 Å². The van der Waals surface area contributed by atoms with Gasteiger partial charge in [0.25, 0.3) is 0 Å². The maximum Gasteiger partial charge on any atom is 0.236 e. The summed E-state index contributed by atoms with van der Waals surface area (Å²) < 4.78 is 24.9. The monoisotopic (exact) mass is 236 g/mol. The summed E-state index contributed by atoms with van der Waals surface area (Å²) in [4.78, 5) is 21.7. The lowest BCUT2D eigenvalue weighted by Gasteiger charge is -2.16. The lowest BCUT2D eigenvalue weighted by molar-refractivity contribution is -0.124. The van der Waals surface area contributed by atoms with Crippen molar-refractivity contribution >= 4 is 21.7 Å². The molecule has 1 atom stereocenters. The third kappa shape index (κ3) is 4.89. The molecule has 0 aliphatic carbocycles. The first-order chi connectivity index (χ1) is 6.66. The van der Waals surface area contributed by atoms with Crippen molar-refractivity contribution < 1.29 is 18.0 Å². The molecular weight excluding hydrogens is 220 g/mol. The highest BCUT2D eigenvalue weighted by molar-refractivity contribution is 7.90. The third-order valence-corrected chi connectivity index (χ3v) is 3.62. The van der Waals surface area contributed by atoms with E-state index < -0.39 is 27.2 Å². The van der Waals surface area contributed by atoms with Gasteiger partial charge in [0, 0.05) is 6.42 Å². The minimum absolute atomic E-state index is 0.221. The van der Waals surface area contributed by atoms with E-state index in [0.29, 0.717) is 0 Å². The van der Waals surface area contributed by atoms with Gasteiger partial charge in [-0.25, -0.2) is 13.1 Å². The number of Topliss-reactive ketones (excluding diaryl/α,β-unsaturated/α-hetero) is 1. The molecule has 0 aromatic carbocycles. The summed E-state index contributed by atoms with van der Waals surface area (Å²) in [5, 5.41) is -0.675. The maximum absolute atomic E-state index is 11.4. The number of primary amides is 1. The van der Waals surface area contributed by atoms with E-state index in [1.807, 2.05) is 0 Å². The fourth-order valence-electron chi connectivity index (χ4n) is 0.822.